The van der Waals surface area contributed by atoms with Crippen LogP contribution < -0.4 is 10.5 Å². The number of benzene rings is 1. The fourth-order valence-corrected chi connectivity index (χ4v) is 2.49. The van der Waals surface area contributed by atoms with E-state index in [4.69, 9.17) is 5.73 Å². The highest BCUT2D eigenvalue weighted by Gasteiger charge is 2.31. The average Bonchev–Trinajstić information content (AvgIpc) is 2.78. The van der Waals surface area contributed by atoms with E-state index in [9.17, 15) is 13.2 Å². The first kappa shape index (κ1) is 15.1. The van der Waals surface area contributed by atoms with Gasteiger partial charge in [-0.25, -0.2) is 0 Å². The maximum absolute atomic E-state index is 12.0. The van der Waals surface area contributed by atoms with Crippen LogP contribution in [0.1, 0.15) is 18.9 Å². The van der Waals surface area contributed by atoms with Crippen LogP contribution in [-0.4, -0.2) is 30.4 Å². The Morgan fingerprint density at radius 2 is 2.00 bits per heavy atom. The number of hydrogen-bond donors (Lipinski definition) is 1. The summed E-state index contributed by atoms with van der Waals surface area (Å²) in [5.74, 6) is 0.318. The molecule has 2 N–H and O–H groups in total. The molecule has 1 aliphatic heterocycles. The van der Waals surface area contributed by atoms with Gasteiger partial charge in [0.15, 0.2) is 0 Å². The van der Waals surface area contributed by atoms with Crippen molar-refractivity contribution in [1.29, 1.82) is 0 Å². The van der Waals surface area contributed by atoms with Gasteiger partial charge in [0.1, 0.15) is 5.75 Å². The molecule has 2 rings (SSSR count). The van der Waals surface area contributed by atoms with Crippen molar-refractivity contribution in [2.45, 2.75) is 32.3 Å². The Kier molecular flexibility index (Phi) is 4.55. The van der Waals surface area contributed by atoms with Crippen LogP contribution in [0.2, 0.25) is 0 Å². The molecule has 112 valence electrons. The van der Waals surface area contributed by atoms with E-state index < -0.39 is 6.36 Å². The number of likely N-dealkylation sites (tertiary alicyclic amines) is 1. The van der Waals surface area contributed by atoms with E-state index in [1.807, 2.05) is 6.92 Å². The summed E-state index contributed by atoms with van der Waals surface area (Å²) < 4.78 is 40.0. The molecule has 3 nitrogen and oxygen atoms in total. The first-order valence-corrected chi connectivity index (χ1v) is 6.66. The number of hydrogen-bond acceptors (Lipinski definition) is 3. The zero-order valence-electron chi connectivity index (χ0n) is 11.4. The fraction of sp³-hybridized carbons (Fsp3) is 0.571. The van der Waals surface area contributed by atoms with Crippen molar-refractivity contribution < 1.29 is 17.9 Å². The van der Waals surface area contributed by atoms with E-state index in [1.54, 1.807) is 12.1 Å². The van der Waals surface area contributed by atoms with Gasteiger partial charge < -0.3 is 10.5 Å². The molecule has 1 aliphatic rings. The van der Waals surface area contributed by atoms with Crippen molar-refractivity contribution in [1.82, 2.24) is 4.90 Å². The summed E-state index contributed by atoms with van der Waals surface area (Å²) in [5.41, 5.74) is 6.86. The van der Waals surface area contributed by atoms with Crippen molar-refractivity contribution in [2.75, 3.05) is 13.1 Å². The summed E-state index contributed by atoms with van der Waals surface area (Å²) in [6.07, 6.45) is -3.56. The highest BCUT2D eigenvalue weighted by Crippen LogP contribution is 2.24. The van der Waals surface area contributed by atoms with Gasteiger partial charge in [-0.05, 0) is 43.5 Å². The highest BCUT2D eigenvalue weighted by molar-refractivity contribution is 5.27. The summed E-state index contributed by atoms with van der Waals surface area (Å²) >= 11 is 0. The zero-order valence-corrected chi connectivity index (χ0v) is 11.4. The summed E-state index contributed by atoms with van der Waals surface area (Å²) in [4.78, 5) is 2.27. The Morgan fingerprint density at radius 1 is 1.35 bits per heavy atom. The molecular weight excluding hydrogens is 269 g/mol. The second-order valence-corrected chi connectivity index (χ2v) is 5.33. The van der Waals surface area contributed by atoms with Gasteiger partial charge in [0.25, 0.3) is 0 Å². The Bertz CT molecular complexity index is 431. The Hall–Kier alpha value is -1.27. The molecular formula is C14H19F3N2O. The first-order chi connectivity index (χ1) is 9.33. The number of rotatable bonds is 4. The molecule has 0 bridgehead atoms. The minimum absolute atomic E-state index is 0.183. The quantitative estimate of drug-likeness (QED) is 0.926. The number of alkyl halides is 3. The highest BCUT2D eigenvalue weighted by atomic mass is 19.4. The van der Waals surface area contributed by atoms with E-state index in [0.29, 0.717) is 5.92 Å². The van der Waals surface area contributed by atoms with E-state index in [-0.39, 0.29) is 11.8 Å². The smallest absolute Gasteiger partial charge is 0.406 e. The maximum atomic E-state index is 12.0. The second kappa shape index (κ2) is 6.01. The lowest BCUT2D eigenvalue weighted by Gasteiger charge is -2.18. The molecule has 1 aromatic rings. The first-order valence-electron chi connectivity index (χ1n) is 6.66. The molecule has 0 aromatic heterocycles. The maximum Gasteiger partial charge on any atom is 0.573 e. The number of nitrogens with zero attached hydrogens (tertiary/aromatic N) is 1. The Morgan fingerprint density at radius 3 is 2.50 bits per heavy atom. The van der Waals surface area contributed by atoms with Crippen LogP contribution in [0.4, 0.5) is 13.2 Å². The molecule has 1 saturated heterocycles. The van der Waals surface area contributed by atoms with Gasteiger partial charge in [0.2, 0.25) is 0 Å². The van der Waals surface area contributed by atoms with Gasteiger partial charge >= 0.3 is 6.36 Å². The molecule has 0 radical (unpaired) electrons. The molecule has 1 aromatic carbocycles. The van der Waals surface area contributed by atoms with E-state index >= 15 is 0 Å². The third kappa shape index (κ3) is 4.38. The van der Waals surface area contributed by atoms with Crippen LogP contribution in [0.5, 0.6) is 5.75 Å². The van der Waals surface area contributed by atoms with Gasteiger partial charge in [-0.2, -0.15) is 0 Å². The lowest BCUT2D eigenvalue weighted by Crippen LogP contribution is -2.29. The Balaban J connectivity index is 1.88. The number of halogens is 3. The van der Waals surface area contributed by atoms with Crippen LogP contribution >= 0.6 is 0 Å². The minimum atomic E-state index is -4.64. The molecule has 0 aliphatic carbocycles. The zero-order chi connectivity index (χ0) is 14.8. The van der Waals surface area contributed by atoms with Crippen LogP contribution in [0.25, 0.3) is 0 Å². The van der Waals surface area contributed by atoms with Gasteiger partial charge in [0.05, 0.1) is 0 Å². The summed E-state index contributed by atoms with van der Waals surface area (Å²) in [5, 5.41) is 0. The van der Waals surface area contributed by atoms with Crippen molar-refractivity contribution >= 4 is 0 Å². The summed E-state index contributed by atoms with van der Waals surface area (Å²) in [6, 6.07) is 6.22. The van der Waals surface area contributed by atoms with Crippen molar-refractivity contribution in [3.63, 3.8) is 0 Å². The topological polar surface area (TPSA) is 38.5 Å². The van der Waals surface area contributed by atoms with Crippen LogP contribution in [0.15, 0.2) is 24.3 Å². The van der Waals surface area contributed by atoms with E-state index in [0.717, 1.165) is 31.6 Å². The molecule has 0 saturated carbocycles. The normalized spacial score (nSPS) is 21.9. The van der Waals surface area contributed by atoms with Gasteiger partial charge in [-0.3, -0.25) is 4.90 Å². The lowest BCUT2D eigenvalue weighted by molar-refractivity contribution is -0.274. The van der Waals surface area contributed by atoms with E-state index in [2.05, 4.69) is 9.64 Å². The predicted molar refractivity (Wildman–Crippen MR) is 70.2 cm³/mol. The molecule has 1 heterocycles. The van der Waals surface area contributed by atoms with Gasteiger partial charge in [-0.15, -0.1) is 13.2 Å². The number of nitrogens with two attached hydrogens (primary N) is 1. The summed E-state index contributed by atoms with van der Waals surface area (Å²) in [6.45, 7) is 4.67. The molecule has 20 heavy (non-hydrogen) atoms. The summed E-state index contributed by atoms with van der Waals surface area (Å²) in [7, 11) is 0. The van der Waals surface area contributed by atoms with E-state index in [1.165, 1.54) is 12.1 Å². The molecule has 6 heteroatoms. The molecule has 2 unspecified atom stereocenters. The predicted octanol–water partition coefficient (Wildman–Crippen LogP) is 2.75. The van der Waals surface area contributed by atoms with Gasteiger partial charge in [-0.1, -0.05) is 12.1 Å². The van der Waals surface area contributed by atoms with Crippen LogP contribution in [0.3, 0.4) is 0 Å². The third-order valence-corrected chi connectivity index (χ3v) is 3.62. The van der Waals surface area contributed by atoms with Crippen molar-refractivity contribution in [2.24, 2.45) is 11.7 Å². The van der Waals surface area contributed by atoms with Crippen molar-refractivity contribution in [3.05, 3.63) is 29.8 Å². The molecule has 1 fully saturated rings. The van der Waals surface area contributed by atoms with Crippen molar-refractivity contribution in [3.8, 4) is 5.75 Å². The van der Waals surface area contributed by atoms with Crippen LogP contribution in [-0.2, 0) is 6.54 Å². The molecule has 0 spiro atoms. The SMILES string of the molecule is CC(N)C1CCN(Cc2ccc(OC(F)(F)F)cc2)C1. The molecule has 2 atom stereocenters. The lowest BCUT2D eigenvalue weighted by atomic mass is 10.0. The second-order valence-electron chi connectivity index (χ2n) is 5.33. The molecule has 0 amide bonds. The standard InChI is InChI=1S/C14H19F3N2O/c1-10(18)12-6-7-19(9-12)8-11-2-4-13(5-3-11)20-14(15,16)17/h2-5,10,12H,6-9,18H2,1H3. The minimum Gasteiger partial charge on any atom is -0.406 e. The fourth-order valence-electron chi connectivity index (χ4n) is 2.49. The third-order valence-electron chi connectivity index (χ3n) is 3.62. The van der Waals surface area contributed by atoms with Crippen LogP contribution in [0, 0.1) is 5.92 Å². The Labute approximate surface area is 116 Å². The largest absolute Gasteiger partial charge is 0.573 e. The monoisotopic (exact) mass is 288 g/mol. The number of ether oxygens (including phenoxy) is 1. The average molecular weight is 288 g/mol. The van der Waals surface area contributed by atoms with Gasteiger partial charge in [0, 0.05) is 19.1 Å².